The van der Waals surface area contributed by atoms with Gasteiger partial charge in [-0.05, 0) is 89.4 Å². The van der Waals surface area contributed by atoms with Crippen molar-refractivity contribution in [2.24, 2.45) is 5.92 Å². The van der Waals surface area contributed by atoms with E-state index < -0.39 is 43.0 Å². The van der Waals surface area contributed by atoms with Gasteiger partial charge in [-0.3, -0.25) is 0 Å². The Morgan fingerprint density at radius 1 is 0.950 bits per heavy atom. The lowest BCUT2D eigenvalue weighted by atomic mass is 9.61. The van der Waals surface area contributed by atoms with Gasteiger partial charge in [-0.1, -0.05) is 76.6 Å². The molecular weight excluding hydrogens is 604 g/mol. The third kappa shape index (κ3) is 4.40. The van der Waals surface area contributed by atoms with E-state index in [1.54, 1.807) is 6.92 Å². The number of halogens is 5. The van der Waals surface area contributed by atoms with Crippen LogP contribution < -0.4 is 0 Å². The van der Waals surface area contributed by atoms with Crippen LogP contribution in [-0.4, -0.2) is 13.2 Å². The van der Waals surface area contributed by atoms with Gasteiger partial charge in [0.05, 0.1) is 15.2 Å². The topological polar surface area (TPSA) is 34.1 Å². The number of rotatable bonds is 3. The third-order valence-electron chi connectivity index (χ3n) is 8.61. The van der Waals surface area contributed by atoms with Crippen LogP contribution in [0.3, 0.4) is 0 Å². The molecule has 4 aromatic rings. The monoisotopic (exact) mass is 628 g/mol. The van der Waals surface area contributed by atoms with Gasteiger partial charge in [-0.15, -0.1) is 0 Å². The summed E-state index contributed by atoms with van der Waals surface area (Å²) in [4.78, 5) is -0.644. The molecule has 0 aromatic heterocycles. The normalized spacial score (nSPS) is 24.5. The summed E-state index contributed by atoms with van der Waals surface area (Å²) < 4.78 is 83.8. The maximum Gasteiger partial charge on any atom is 0.416 e. The lowest BCUT2D eigenvalue weighted by Gasteiger charge is -2.50. The van der Waals surface area contributed by atoms with E-state index in [1.807, 2.05) is 72.8 Å². The largest absolute Gasteiger partial charge is 0.416 e. The Bertz CT molecular complexity index is 1760. The van der Waals surface area contributed by atoms with Crippen molar-refractivity contribution < 1.29 is 26.0 Å². The maximum atomic E-state index is 14.5. The molecule has 2 nitrogen and oxygen atoms in total. The lowest BCUT2D eigenvalue weighted by Crippen LogP contribution is -2.49. The van der Waals surface area contributed by atoms with Gasteiger partial charge in [0, 0.05) is 10.4 Å². The molecule has 6 rings (SSSR count). The minimum absolute atomic E-state index is 0.170. The van der Waals surface area contributed by atoms with Crippen molar-refractivity contribution in [3.05, 3.63) is 117 Å². The summed E-state index contributed by atoms with van der Waals surface area (Å²) in [5, 5.41) is 1.99. The molecule has 0 saturated heterocycles. The van der Waals surface area contributed by atoms with Crippen LogP contribution in [0.1, 0.15) is 53.9 Å². The molecule has 1 fully saturated rings. The molecule has 0 heterocycles. The first-order valence-electron chi connectivity index (χ1n) is 13.0. The number of fused-ring (bicyclic) bond motifs is 5. The lowest BCUT2D eigenvalue weighted by molar-refractivity contribution is -0.137. The summed E-state index contributed by atoms with van der Waals surface area (Å²) in [6.07, 6.45) is 0.0549. The van der Waals surface area contributed by atoms with Crippen molar-refractivity contribution in [2.45, 2.75) is 47.4 Å². The molecule has 40 heavy (non-hydrogen) atoms. The molecule has 2 aliphatic rings. The van der Waals surface area contributed by atoms with E-state index in [0.29, 0.717) is 24.6 Å². The number of allylic oxidation sites excluding steroid dienone is 1. The van der Waals surface area contributed by atoms with E-state index in [9.17, 15) is 26.0 Å². The first-order chi connectivity index (χ1) is 18.9. The van der Waals surface area contributed by atoms with Gasteiger partial charge in [0.1, 0.15) is 5.82 Å². The maximum absolute atomic E-state index is 14.5. The van der Waals surface area contributed by atoms with E-state index in [4.69, 9.17) is 0 Å². The fraction of sp³-hybridized carbons (Fsp3) is 0.250. The zero-order chi connectivity index (χ0) is 28.4. The average Bonchev–Trinajstić information content (AvgIpc) is 2.92. The summed E-state index contributed by atoms with van der Waals surface area (Å²) in [5.41, 5.74) is 1.40. The highest BCUT2D eigenvalue weighted by Crippen LogP contribution is 2.58. The van der Waals surface area contributed by atoms with Crippen molar-refractivity contribution in [3.63, 3.8) is 0 Å². The van der Waals surface area contributed by atoms with E-state index in [0.717, 1.165) is 31.9 Å². The Kier molecular flexibility index (Phi) is 6.50. The standard InChI is InChI=1S/C32H25BrF4O2S/c1-31(40(38,39)26-16-23(32(35,36)37)15-25(34)17-26)18-22(19-6-10-24(33)11-7-19)14-21-9-12-28-27-5-3-2-4-20(27)8-13-29(28)30(21)31/h2-13,15-17,21-22,30H,14,18H2,1H3. The van der Waals surface area contributed by atoms with Crippen molar-refractivity contribution >= 4 is 42.6 Å². The zero-order valence-corrected chi connectivity index (χ0v) is 23.8. The van der Waals surface area contributed by atoms with E-state index >= 15 is 0 Å². The molecule has 8 heteroatoms. The Labute approximate surface area is 238 Å². The average molecular weight is 630 g/mol. The molecule has 4 aromatic carbocycles. The highest BCUT2D eigenvalue weighted by molar-refractivity contribution is 9.10. The predicted octanol–water partition coefficient (Wildman–Crippen LogP) is 9.30. The number of sulfone groups is 1. The van der Waals surface area contributed by atoms with Crippen molar-refractivity contribution in [2.75, 3.05) is 0 Å². The molecule has 0 N–H and O–H groups in total. The molecule has 1 saturated carbocycles. The first-order valence-corrected chi connectivity index (χ1v) is 15.2. The summed E-state index contributed by atoms with van der Waals surface area (Å²) >= 11 is 3.44. The number of hydrogen-bond donors (Lipinski definition) is 0. The molecular formula is C32H25BrF4O2S. The second-order valence-electron chi connectivity index (χ2n) is 11.0. The van der Waals surface area contributed by atoms with E-state index in [1.165, 1.54) is 0 Å². The van der Waals surface area contributed by atoms with E-state index in [-0.39, 0.29) is 18.3 Å². The molecule has 0 aliphatic heterocycles. The van der Waals surface area contributed by atoms with Gasteiger partial charge in [0.15, 0.2) is 9.84 Å². The van der Waals surface area contributed by atoms with Crippen LogP contribution in [-0.2, 0) is 16.0 Å². The van der Waals surface area contributed by atoms with Gasteiger partial charge in [-0.2, -0.15) is 13.2 Å². The summed E-state index contributed by atoms with van der Waals surface area (Å²) in [6.45, 7) is 1.63. The third-order valence-corrected chi connectivity index (χ3v) is 11.6. The van der Waals surface area contributed by atoms with Gasteiger partial charge in [0.25, 0.3) is 0 Å². The van der Waals surface area contributed by atoms with Crippen molar-refractivity contribution in [1.29, 1.82) is 0 Å². The van der Waals surface area contributed by atoms with Crippen molar-refractivity contribution in [3.8, 4) is 0 Å². The van der Waals surface area contributed by atoms with Crippen molar-refractivity contribution in [1.82, 2.24) is 0 Å². The summed E-state index contributed by atoms with van der Waals surface area (Å²) in [7, 11) is -4.47. The minimum atomic E-state index is -4.89. The smallest absolute Gasteiger partial charge is 0.223 e. The van der Waals surface area contributed by atoms with E-state index in [2.05, 4.69) is 15.9 Å². The Balaban J connectivity index is 1.57. The number of benzene rings is 4. The highest BCUT2D eigenvalue weighted by Gasteiger charge is 2.55. The molecule has 206 valence electrons. The van der Waals surface area contributed by atoms with Crippen LogP contribution in [0.5, 0.6) is 0 Å². The first kappa shape index (κ1) is 27.2. The summed E-state index contributed by atoms with van der Waals surface area (Å²) in [5.74, 6) is -2.13. The molecule has 0 radical (unpaired) electrons. The van der Waals surface area contributed by atoms with Crippen LogP contribution in [0.2, 0.25) is 0 Å². The fourth-order valence-corrected chi connectivity index (χ4v) is 9.18. The van der Waals surface area contributed by atoms with Crippen LogP contribution in [0.4, 0.5) is 17.6 Å². The molecule has 0 amide bonds. The van der Waals surface area contributed by atoms with Gasteiger partial charge >= 0.3 is 6.18 Å². The van der Waals surface area contributed by atoms with Gasteiger partial charge in [0.2, 0.25) is 0 Å². The Morgan fingerprint density at radius 3 is 2.40 bits per heavy atom. The van der Waals surface area contributed by atoms with Crippen LogP contribution in [0.25, 0.3) is 16.8 Å². The quantitative estimate of drug-likeness (QED) is 0.212. The van der Waals surface area contributed by atoms with Crippen LogP contribution in [0.15, 0.2) is 94.3 Å². The number of alkyl halides is 3. The van der Waals surface area contributed by atoms with Gasteiger partial charge < -0.3 is 0 Å². The zero-order valence-electron chi connectivity index (χ0n) is 21.4. The van der Waals surface area contributed by atoms with Crippen LogP contribution >= 0.6 is 15.9 Å². The molecule has 4 unspecified atom stereocenters. The Hall–Kier alpha value is -2.97. The fourth-order valence-electron chi connectivity index (χ4n) is 6.77. The van der Waals surface area contributed by atoms with Gasteiger partial charge in [-0.25, -0.2) is 12.8 Å². The second-order valence-corrected chi connectivity index (χ2v) is 14.3. The Morgan fingerprint density at radius 2 is 1.68 bits per heavy atom. The predicted molar refractivity (Wildman–Crippen MR) is 152 cm³/mol. The minimum Gasteiger partial charge on any atom is -0.223 e. The molecule has 4 atom stereocenters. The molecule has 2 aliphatic carbocycles. The highest BCUT2D eigenvalue weighted by atomic mass is 79.9. The second kappa shape index (κ2) is 9.55. The molecule has 0 spiro atoms. The summed E-state index contributed by atoms with van der Waals surface area (Å²) in [6, 6.07) is 21.0. The molecule has 0 bridgehead atoms. The SMILES string of the molecule is CC1(S(=O)(=O)c2cc(F)cc(C(F)(F)F)c2)CC(c2ccc(Br)cc2)CC2C=Cc3c(ccc4ccccc34)C21. The van der Waals surface area contributed by atoms with Crippen LogP contribution in [0, 0.1) is 11.7 Å². The number of hydrogen-bond acceptors (Lipinski definition) is 2.